The van der Waals surface area contributed by atoms with Crippen LogP contribution >= 0.6 is 11.3 Å². The van der Waals surface area contributed by atoms with Crippen molar-refractivity contribution < 1.29 is 14.7 Å². The van der Waals surface area contributed by atoms with Crippen LogP contribution in [0.5, 0.6) is 0 Å². The number of amides is 1. The van der Waals surface area contributed by atoms with Gasteiger partial charge >= 0.3 is 5.97 Å². The average molecular weight is 275 g/mol. The highest BCUT2D eigenvalue weighted by molar-refractivity contribution is 7.10. The Bertz CT molecular complexity index is 592. The monoisotopic (exact) mass is 275 g/mol. The van der Waals surface area contributed by atoms with Gasteiger partial charge in [0.25, 0.3) is 5.91 Å². The fourth-order valence-electron chi connectivity index (χ4n) is 1.75. The highest BCUT2D eigenvalue weighted by Gasteiger charge is 2.18. The number of hydrogen-bond donors (Lipinski definition) is 2. The highest BCUT2D eigenvalue weighted by atomic mass is 32.1. The fraction of sp³-hybridized carbons (Fsp3) is 0.143. The van der Waals surface area contributed by atoms with E-state index in [9.17, 15) is 9.59 Å². The van der Waals surface area contributed by atoms with E-state index >= 15 is 0 Å². The highest BCUT2D eigenvalue weighted by Crippen LogP contribution is 2.19. The number of carboxylic acids is 1. The van der Waals surface area contributed by atoms with Gasteiger partial charge in [-0.25, -0.2) is 4.79 Å². The number of hydrogen-bond acceptors (Lipinski definition) is 3. The Morgan fingerprint density at radius 1 is 1.16 bits per heavy atom. The van der Waals surface area contributed by atoms with Gasteiger partial charge < -0.3 is 10.4 Å². The van der Waals surface area contributed by atoms with Gasteiger partial charge in [0.15, 0.2) is 0 Å². The van der Waals surface area contributed by atoms with Crippen molar-refractivity contribution in [3.8, 4) is 0 Å². The summed E-state index contributed by atoms with van der Waals surface area (Å²) in [4.78, 5) is 24.2. The van der Waals surface area contributed by atoms with Crippen molar-refractivity contribution in [2.45, 2.75) is 13.0 Å². The molecule has 5 heteroatoms. The zero-order chi connectivity index (χ0) is 13.8. The zero-order valence-corrected chi connectivity index (χ0v) is 11.1. The summed E-state index contributed by atoms with van der Waals surface area (Å²) in [5.74, 6) is -1.48. The van der Waals surface area contributed by atoms with Gasteiger partial charge in [0.05, 0.1) is 17.2 Å². The average Bonchev–Trinajstić information content (AvgIpc) is 2.92. The molecule has 0 radical (unpaired) electrons. The van der Waals surface area contributed by atoms with E-state index in [2.05, 4.69) is 5.32 Å². The topological polar surface area (TPSA) is 66.4 Å². The van der Waals surface area contributed by atoms with Crippen LogP contribution in [-0.2, 0) is 0 Å². The molecule has 1 amide bonds. The van der Waals surface area contributed by atoms with Crippen LogP contribution in [0.2, 0.25) is 0 Å². The maximum atomic E-state index is 12.1. The summed E-state index contributed by atoms with van der Waals surface area (Å²) in [6, 6.07) is 9.88. The summed E-state index contributed by atoms with van der Waals surface area (Å²) < 4.78 is 0. The third kappa shape index (κ3) is 3.00. The number of benzene rings is 1. The molecule has 1 aromatic heterocycles. The van der Waals surface area contributed by atoms with E-state index in [1.165, 1.54) is 12.1 Å². The zero-order valence-electron chi connectivity index (χ0n) is 10.3. The molecule has 19 heavy (non-hydrogen) atoms. The molecule has 1 aromatic carbocycles. The first-order valence-electron chi connectivity index (χ1n) is 5.76. The van der Waals surface area contributed by atoms with Crippen LogP contribution in [-0.4, -0.2) is 17.0 Å². The molecule has 4 nitrogen and oxygen atoms in total. The molecule has 2 N–H and O–H groups in total. The van der Waals surface area contributed by atoms with Crippen molar-refractivity contribution in [2.75, 3.05) is 0 Å². The minimum Gasteiger partial charge on any atom is -0.478 e. The minimum absolute atomic E-state index is 0.0124. The van der Waals surface area contributed by atoms with Gasteiger partial charge in [-0.15, -0.1) is 11.3 Å². The van der Waals surface area contributed by atoms with E-state index in [4.69, 9.17) is 5.11 Å². The lowest BCUT2D eigenvalue weighted by molar-refractivity contribution is 0.0690. The Kier molecular flexibility index (Phi) is 3.97. The smallest absolute Gasteiger partial charge is 0.336 e. The van der Waals surface area contributed by atoms with E-state index in [1.54, 1.807) is 23.5 Å². The number of carbonyl (C=O) groups is 2. The fourth-order valence-corrected chi connectivity index (χ4v) is 2.49. The normalized spacial score (nSPS) is 11.8. The second-order valence-electron chi connectivity index (χ2n) is 4.06. The molecule has 2 rings (SSSR count). The third-order valence-corrected chi connectivity index (χ3v) is 3.77. The summed E-state index contributed by atoms with van der Waals surface area (Å²) in [5, 5.41) is 13.8. The maximum absolute atomic E-state index is 12.1. The first-order valence-corrected chi connectivity index (χ1v) is 6.64. The SMILES string of the molecule is C[C@@H](NC(=O)c1ccccc1C(=O)O)c1cccs1. The van der Waals surface area contributed by atoms with E-state index in [1.807, 2.05) is 24.4 Å². The predicted octanol–water partition coefficient (Wildman–Crippen LogP) is 2.94. The Labute approximate surface area is 114 Å². The van der Waals surface area contributed by atoms with Crippen molar-refractivity contribution in [3.05, 3.63) is 57.8 Å². The molecule has 98 valence electrons. The number of nitrogens with one attached hydrogen (secondary N) is 1. The van der Waals surface area contributed by atoms with Crippen molar-refractivity contribution >= 4 is 23.2 Å². The molecule has 0 saturated carbocycles. The van der Waals surface area contributed by atoms with Crippen molar-refractivity contribution in [1.82, 2.24) is 5.32 Å². The van der Waals surface area contributed by atoms with Gasteiger partial charge in [0.2, 0.25) is 0 Å². The molecule has 1 atom stereocenters. The lowest BCUT2D eigenvalue weighted by Gasteiger charge is -2.13. The molecular weight excluding hydrogens is 262 g/mol. The maximum Gasteiger partial charge on any atom is 0.336 e. The van der Waals surface area contributed by atoms with E-state index < -0.39 is 5.97 Å². The number of aromatic carboxylic acids is 1. The van der Waals surface area contributed by atoms with Crippen LogP contribution in [0.1, 0.15) is 38.6 Å². The van der Waals surface area contributed by atoms with Gasteiger partial charge in [-0.2, -0.15) is 0 Å². The molecule has 0 saturated heterocycles. The van der Waals surface area contributed by atoms with Crippen LogP contribution in [0.25, 0.3) is 0 Å². The first kappa shape index (κ1) is 13.3. The van der Waals surface area contributed by atoms with E-state index in [0.717, 1.165) is 4.88 Å². The second kappa shape index (κ2) is 5.67. The molecule has 1 heterocycles. The summed E-state index contributed by atoms with van der Waals surface area (Å²) >= 11 is 1.55. The van der Waals surface area contributed by atoms with Crippen LogP contribution in [0.15, 0.2) is 41.8 Å². The molecule has 0 aliphatic heterocycles. The lowest BCUT2D eigenvalue weighted by Crippen LogP contribution is -2.27. The first-order chi connectivity index (χ1) is 9.09. The molecular formula is C14H13NO3S. The Morgan fingerprint density at radius 2 is 1.84 bits per heavy atom. The largest absolute Gasteiger partial charge is 0.478 e. The Morgan fingerprint density at radius 3 is 2.42 bits per heavy atom. The van der Waals surface area contributed by atoms with Gasteiger partial charge in [0.1, 0.15) is 0 Å². The van der Waals surface area contributed by atoms with Crippen LogP contribution in [0.4, 0.5) is 0 Å². The van der Waals surface area contributed by atoms with Crippen LogP contribution in [0, 0.1) is 0 Å². The molecule has 0 aliphatic carbocycles. The number of rotatable bonds is 4. The van der Waals surface area contributed by atoms with E-state index in [0.29, 0.717) is 0 Å². The summed E-state index contributed by atoms with van der Waals surface area (Å²) in [6.45, 7) is 1.87. The molecule has 0 aliphatic rings. The Balaban J connectivity index is 2.19. The van der Waals surface area contributed by atoms with Crippen molar-refractivity contribution in [1.29, 1.82) is 0 Å². The Hall–Kier alpha value is -2.14. The van der Waals surface area contributed by atoms with E-state index in [-0.39, 0.29) is 23.1 Å². The molecule has 2 aromatic rings. The summed E-state index contributed by atoms with van der Waals surface area (Å²) in [5.41, 5.74) is 0.191. The quantitative estimate of drug-likeness (QED) is 0.901. The van der Waals surface area contributed by atoms with Gasteiger partial charge in [-0.1, -0.05) is 18.2 Å². The molecule has 0 unspecified atom stereocenters. The molecule has 0 fully saturated rings. The minimum atomic E-state index is -1.10. The summed E-state index contributed by atoms with van der Waals surface area (Å²) in [7, 11) is 0. The molecule has 0 spiro atoms. The third-order valence-electron chi connectivity index (χ3n) is 2.72. The van der Waals surface area contributed by atoms with Gasteiger partial charge in [-0.05, 0) is 30.5 Å². The van der Waals surface area contributed by atoms with Gasteiger partial charge in [0, 0.05) is 4.88 Å². The van der Waals surface area contributed by atoms with Gasteiger partial charge in [-0.3, -0.25) is 4.79 Å². The van der Waals surface area contributed by atoms with Crippen molar-refractivity contribution in [3.63, 3.8) is 0 Å². The molecule has 0 bridgehead atoms. The van der Waals surface area contributed by atoms with Crippen molar-refractivity contribution in [2.24, 2.45) is 0 Å². The van der Waals surface area contributed by atoms with Crippen LogP contribution in [0.3, 0.4) is 0 Å². The predicted molar refractivity (Wildman–Crippen MR) is 73.6 cm³/mol. The second-order valence-corrected chi connectivity index (χ2v) is 5.04. The number of carboxylic acid groups (broad SMARTS) is 1. The number of thiophene rings is 1. The lowest BCUT2D eigenvalue weighted by atomic mass is 10.1. The number of carbonyl (C=O) groups excluding carboxylic acids is 1. The standard InChI is InChI=1S/C14H13NO3S/c1-9(12-7-4-8-19-12)15-13(16)10-5-2-3-6-11(10)14(17)18/h2-9H,1H3,(H,15,16)(H,17,18)/t9-/m1/s1. The van der Waals surface area contributed by atoms with Crippen LogP contribution < -0.4 is 5.32 Å². The summed E-state index contributed by atoms with van der Waals surface area (Å²) in [6.07, 6.45) is 0.